The maximum Gasteiger partial charge on any atom is 0.276 e. The van der Waals surface area contributed by atoms with Gasteiger partial charge in [-0.3, -0.25) is 4.79 Å². The maximum absolute atomic E-state index is 12.3. The summed E-state index contributed by atoms with van der Waals surface area (Å²) in [4.78, 5) is 18.0. The van der Waals surface area contributed by atoms with E-state index < -0.39 is 0 Å². The first-order valence-electron chi connectivity index (χ1n) is 5.55. The van der Waals surface area contributed by atoms with Gasteiger partial charge in [0, 0.05) is 12.7 Å². The van der Waals surface area contributed by atoms with Crippen LogP contribution in [0.1, 0.15) is 16.1 Å². The SMILES string of the molecule is Cc1cccc(N(C)C(=O)c2cccc(Br)n2)c1. The standard InChI is InChI=1S/C14H13BrN2O/c1-10-5-3-6-11(9-10)17(2)14(18)12-7-4-8-13(15)16-12/h3-9H,1-2H3. The Labute approximate surface area is 115 Å². The van der Waals surface area contributed by atoms with Gasteiger partial charge in [-0.25, -0.2) is 4.98 Å². The lowest BCUT2D eigenvalue weighted by molar-refractivity contribution is 0.0988. The van der Waals surface area contributed by atoms with Crippen LogP contribution in [0.3, 0.4) is 0 Å². The van der Waals surface area contributed by atoms with Crippen molar-refractivity contribution in [1.82, 2.24) is 4.98 Å². The lowest BCUT2D eigenvalue weighted by Crippen LogP contribution is -2.27. The van der Waals surface area contributed by atoms with Crippen molar-refractivity contribution in [3.8, 4) is 0 Å². The number of hydrogen-bond donors (Lipinski definition) is 0. The predicted molar refractivity (Wildman–Crippen MR) is 75.8 cm³/mol. The van der Waals surface area contributed by atoms with Gasteiger partial charge in [0.15, 0.2) is 0 Å². The van der Waals surface area contributed by atoms with E-state index in [2.05, 4.69) is 20.9 Å². The van der Waals surface area contributed by atoms with E-state index in [1.54, 1.807) is 30.1 Å². The highest BCUT2D eigenvalue weighted by molar-refractivity contribution is 9.10. The highest BCUT2D eigenvalue weighted by atomic mass is 79.9. The summed E-state index contributed by atoms with van der Waals surface area (Å²) in [6, 6.07) is 13.1. The van der Waals surface area contributed by atoms with Crippen molar-refractivity contribution in [3.63, 3.8) is 0 Å². The second-order valence-electron chi connectivity index (χ2n) is 4.05. The molecule has 0 fully saturated rings. The zero-order chi connectivity index (χ0) is 13.1. The summed E-state index contributed by atoms with van der Waals surface area (Å²) in [5.74, 6) is -0.123. The average molecular weight is 305 g/mol. The van der Waals surface area contributed by atoms with Crippen molar-refractivity contribution in [2.24, 2.45) is 0 Å². The van der Waals surface area contributed by atoms with Gasteiger partial charge < -0.3 is 4.90 Å². The van der Waals surface area contributed by atoms with Gasteiger partial charge in [0.1, 0.15) is 10.3 Å². The normalized spacial score (nSPS) is 10.2. The number of aryl methyl sites for hydroxylation is 1. The molecule has 1 heterocycles. The third-order valence-corrected chi connectivity index (χ3v) is 3.07. The van der Waals surface area contributed by atoms with Gasteiger partial charge >= 0.3 is 0 Å². The van der Waals surface area contributed by atoms with E-state index in [4.69, 9.17) is 0 Å². The van der Waals surface area contributed by atoms with E-state index in [0.29, 0.717) is 10.3 Å². The van der Waals surface area contributed by atoms with Crippen molar-refractivity contribution >= 4 is 27.5 Å². The number of halogens is 1. The van der Waals surface area contributed by atoms with Gasteiger partial charge in [0.2, 0.25) is 0 Å². The topological polar surface area (TPSA) is 33.2 Å². The third-order valence-electron chi connectivity index (χ3n) is 2.63. The Kier molecular flexibility index (Phi) is 3.77. The molecular weight excluding hydrogens is 292 g/mol. The molecule has 0 bridgehead atoms. The highest BCUT2D eigenvalue weighted by Crippen LogP contribution is 2.17. The minimum Gasteiger partial charge on any atom is -0.310 e. The molecule has 0 aliphatic rings. The molecule has 2 rings (SSSR count). The van der Waals surface area contributed by atoms with E-state index in [-0.39, 0.29) is 5.91 Å². The molecule has 3 nitrogen and oxygen atoms in total. The summed E-state index contributed by atoms with van der Waals surface area (Å²) in [5.41, 5.74) is 2.41. The molecule has 0 spiro atoms. The quantitative estimate of drug-likeness (QED) is 0.796. The fourth-order valence-corrected chi connectivity index (χ4v) is 2.00. The first-order valence-corrected chi connectivity index (χ1v) is 6.34. The molecule has 1 amide bonds. The average Bonchev–Trinajstić information content (AvgIpc) is 2.37. The molecule has 0 saturated carbocycles. The zero-order valence-corrected chi connectivity index (χ0v) is 11.8. The Morgan fingerprint density at radius 1 is 1.22 bits per heavy atom. The summed E-state index contributed by atoms with van der Waals surface area (Å²) in [6.45, 7) is 2.00. The van der Waals surface area contributed by atoms with E-state index in [0.717, 1.165) is 11.3 Å². The maximum atomic E-state index is 12.3. The summed E-state index contributed by atoms with van der Waals surface area (Å²) in [7, 11) is 1.75. The predicted octanol–water partition coefficient (Wildman–Crippen LogP) is 3.43. The van der Waals surface area contributed by atoms with Crippen LogP contribution in [0.2, 0.25) is 0 Å². The van der Waals surface area contributed by atoms with E-state index in [9.17, 15) is 4.79 Å². The van der Waals surface area contributed by atoms with E-state index >= 15 is 0 Å². The zero-order valence-electron chi connectivity index (χ0n) is 10.2. The van der Waals surface area contributed by atoms with Crippen LogP contribution >= 0.6 is 15.9 Å². The molecule has 0 radical (unpaired) electrons. The van der Waals surface area contributed by atoms with Crippen molar-refractivity contribution in [1.29, 1.82) is 0 Å². The summed E-state index contributed by atoms with van der Waals surface area (Å²) >= 11 is 3.27. The molecule has 0 aliphatic heterocycles. The van der Waals surface area contributed by atoms with Crippen LogP contribution in [0, 0.1) is 6.92 Å². The minimum absolute atomic E-state index is 0.123. The Morgan fingerprint density at radius 2 is 1.94 bits per heavy atom. The van der Waals surface area contributed by atoms with Gasteiger partial charge in [0.05, 0.1) is 0 Å². The molecule has 1 aromatic heterocycles. The van der Waals surface area contributed by atoms with Crippen LogP contribution in [-0.2, 0) is 0 Å². The van der Waals surface area contributed by atoms with Gasteiger partial charge in [0.25, 0.3) is 5.91 Å². The number of hydrogen-bond acceptors (Lipinski definition) is 2. The number of anilines is 1. The van der Waals surface area contributed by atoms with Gasteiger partial charge in [-0.05, 0) is 52.7 Å². The molecular formula is C14H13BrN2O. The van der Waals surface area contributed by atoms with Crippen LogP contribution in [0.15, 0.2) is 47.1 Å². The molecule has 0 unspecified atom stereocenters. The molecule has 2 aromatic rings. The van der Waals surface area contributed by atoms with Crippen molar-refractivity contribution in [2.45, 2.75) is 6.92 Å². The Bertz CT molecular complexity index is 584. The van der Waals surface area contributed by atoms with Crippen LogP contribution in [-0.4, -0.2) is 17.9 Å². The molecule has 92 valence electrons. The highest BCUT2D eigenvalue weighted by Gasteiger charge is 2.14. The molecule has 0 saturated heterocycles. The number of carbonyl (C=O) groups excluding carboxylic acids is 1. The fourth-order valence-electron chi connectivity index (χ4n) is 1.65. The van der Waals surface area contributed by atoms with Gasteiger partial charge in [-0.15, -0.1) is 0 Å². The van der Waals surface area contributed by atoms with Crippen LogP contribution in [0.4, 0.5) is 5.69 Å². The minimum atomic E-state index is -0.123. The first kappa shape index (κ1) is 12.8. The number of rotatable bonds is 2. The molecule has 0 N–H and O–H groups in total. The Morgan fingerprint density at radius 3 is 2.61 bits per heavy atom. The van der Waals surface area contributed by atoms with Crippen LogP contribution in [0.25, 0.3) is 0 Å². The lowest BCUT2D eigenvalue weighted by atomic mass is 10.2. The second-order valence-corrected chi connectivity index (χ2v) is 4.86. The summed E-state index contributed by atoms with van der Waals surface area (Å²) in [5, 5.41) is 0. The fraction of sp³-hybridized carbons (Fsp3) is 0.143. The molecule has 4 heteroatoms. The largest absolute Gasteiger partial charge is 0.310 e. The lowest BCUT2D eigenvalue weighted by Gasteiger charge is -2.17. The number of aromatic nitrogens is 1. The first-order chi connectivity index (χ1) is 8.58. The molecule has 0 aliphatic carbocycles. The number of amides is 1. The monoisotopic (exact) mass is 304 g/mol. The van der Waals surface area contributed by atoms with Gasteiger partial charge in [-0.1, -0.05) is 18.2 Å². The Hall–Kier alpha value is -1.68. The summed E-state index contributed by atoms with van der Waals surface area (Å²) in [6.07, 6.45) is 0. The Balaban J connectivity index is 2.29. The smallest absolute Gasteiger partial charge is 0.276 e. The molecule has 18 heavy (non-hydrogen) atoms. The van der Waals surface area contributed by atoms with Crippen molar-refractivity contribution in [2.75, 3.05) is 11.9 Å². The number of carbonyl (C=O) groups is 1. The number of nitrogens with zero attached hydrogens (tertiary/aromatic N) is 2. The third kappa shape index (κ3) is 2.76. The van der Waals surface area contributed by atoms with Crippen molar-refractivity contribution < 1.29 is 4.79 Å². The van der Waals surface area contributed by atoms with Crippen LogP contribution in [0.5, 0.6) is 0 Å². The second kappa shape index (κ2) is 5.31. The number of pyridine rings is 1. The van der Waals surface area contributed by atoms with E-state index in [1.165, 1.54) is 0 Å². The van der Waals surface area contributed by atoms with Crippen LogP contribution < -0.4 is 4.90 Å². The number of benzene rings is 1. The molecule has 0 atom stereocenters. The van der Waals surface area contributed by atoms with Crippen molar-refractivity contribution in [3.05, 3.63) is 58.3 Å². The van der Waals surface area contributed by atoms with E-state index in [1.807, 2.05) is 31.2 Å². The molecule has 1 aromatic carbocycles. The van der Waals surface area contributed by atoms with Gasteiger partial charge in [-0.2, -0.15) is 0 Å². The summed E-state index contributed by atoms with van der Waals surface area (Å²) < 4.78 is 0.658.